The number of rotatable bonds is 7. The number of aryl methyl sites for hydroxylation is 1. The number of hydrogen-bond donors (Lipinski definition) is 1. The van der Waals surface area contributed by atoms with E-state index < -0.39 is 0 Å². The summed E-state index contributed by atoms with van der Waals surface area (Å²) in [5.74, 6) is 1.16. The van der Waals surface area contributed by atoms with Crippen molar-refractivity contribution in [1.82, 2.24) is 28.8 Å². The smallest absolute Gasteiger partial charge is 0.277 e. The van der Waals surface area contributed by atoms with Gasteiger partial charge >= 0.3 is 0 Å². The van der Waals surface area contributed by atoms with E-state index in [2.05, 4.69) is 21.6 Å². The lowest BCUT2D eigenvalue weighted by Crippen LogP contribution is -2.59. The van der Waals surface area contributed by atoms with E-state index in [1.54, 1.807) is 16.7 Å². The minimum absolute atomic E-state index is 0.00955. The lowest BCUT2D eigenvalue weighted by Gasteiger charge is -2.62. The molecule has 0 saturated heterocycles. The van der Waals surface area contributed by atoms with Crippen LogP contribution in [0.3, 0.4) is 0 Å². The van der Waals surface area contributed by atoms with Crippen molar-refractivity contribution in [3.8, 4) is 5.88 Å². The van der Waals surface area contributed by atoms with E-state index in [4.69, 9.17) is 9.72 Å². The van der Waals surface area contributed by atoms with Crippen LogP contribution in [0.25, 0.3) is 11.0 Å². The van der Waals surface area contributed by atoms with Crippen LogP contribution in [0.4, 0.5) is 11.4 Å². The van der Waals surface area contributed by atoms with E-state index in [0.717, 1.165) is 50.1 Å². The Morgan fingerprint density at radius 3 is 2.71 bits per heavy atom. The maximum atomic E-state index is 13.9. The summed E-state index contributed by atoms with van der Waals surface area (Å²) >= 11 is 0. The molecule has 0 aliphatic heterocycles. The Morgan fingerprint density at radius 2 is 2.06 bits per heavy atom. The van der Waals surface area contributed by atoms with Crippen molar-refractivity contribution >= 4 is 28.3 Å². The summed E-state index contributed by atoms with van der Waals surface area (Å²) < 4.78 is 11.1. The average Bonchev–Trinajstić information content (AvgIpc) is 3.51. The van der Waals surface area contributed by atoms with Crippen molar-refractivity contribution in [1.29, 1.82) is 0 Å². The first-order chi connectivity index (χ1) is 16.8. The van der Waals surface area contributed by atoms with Crippen molar-refractivity contribution in [3.05, 3.63) is 41.7 Å². The highest BCUT2D eigenvalue weighted by Gasteiger charge is 2.58. The van der Waals surface area contributed by atoms with Crippen molar-refractivity contribution < 1.29 is 9.53 Å². The Kier molecular flexibility index (Phi) is 4.84. The van der Waals surface area contributed by atoms with E-state index in [1.165, 1.54) is 6.08 Å². The summed E-state index contributed by atoms with van der Waals surface area (Å²) in [4.78, 5) is 32.6. The van der Waals surface area contributed by atoms with Gasteiger partial charge in [0.1, 0.15) is 16.7 Å². The number of carbonyl (C=O) groups is 1. The van der Waals surface area contributed by atoms with Crippen LogP contribution in [-0.4, -0.2) is 54.9 Å². The number of pyridine rings is 1. The number of aromatic nitrogens is 5. The first-order valence-electron chi connectivity index (χ1n) is 12.2. The average molecular weight is 478 g/mol. The second-order valence-corrected chi connectivity index (χ2v) is 10.4. The van der Waals surface area contributed by atoms with Crippen LogP contribution in [0.15, 0.2) is 36.2 Å². The van der Waals surface area contributed by atoms with Gasteiger partial charge in [0.15, 0.2) is 0 Å². The highest BCUT2D eigenvalue weighted by atomic mass is 16.5. The molecule has 10 nitrogen and oxygen atoms in total. The molecule has 0 radical (unpaired) electrons. The molecule has 2 bridgehead atoms. The molecule has 0 aromatic carbocycles. The van der Waals surface area contributed by atoms with Crippen molar-refractivity contribution in [2.45, 2.75) is 56.1 Å². The van der Waals surface area contributed by atoms with Crippen molar-refractivity contribution in [2.75, 3.05) is 19.5 Å². The second kappa shape index (κ2) is 7.73. The zero-order valence-corrected chi connectivity index (χ0v) is 20.4. The lowest BCUT2D eigenvalue weighted by atomic mass is 9.49. The molecule has 3 heterocycles. The molecule has 2 atom stereocenters. The number of amides is 1. The zero-order chi connectivity index (χ0) is 24.5. The molecule has 184 valence electrons. The summed E-state index contributed by atoms with van der Waals surface area (Å²) in [7, 11) is 5.23. The highest BCUT2D eigenvalue weighted by Crippen LogP contribution is 2.62. The molecule has 0 spiro atoms. The minimum Gasteiger partial charge on any atom is -0.478 e. The Hall–Kier alpha value is -3.56. The van der Waals surface area contributed by atoms with E-state index >= 15 is 0 Å². The van der Waals surface area contributed by atoms with Crippen LogP contribution < -0.4 is 15.6 Å². The predicted molar refractivity (Wildman–Crippen MR) is 132 cm³/mol. The normalized spacial score (nSPS) is 26.8. The molecule has 3 aromatic rings. The fraction of sp³-hybridized carbons (Fsp3) is 0.520. The minimum atomic E-state index is -0.0915. The number of carbonyl (C=O) groups excluding carboxylic acids is 1. The number of hydrogen-bond acceptors (Lipinski definition) is 6. The quantitative estimate of drug-likeness (QED) is 0.526. The molecule has 4 aliphatic carbocycles. The van der Waals surface area contributed by atoms with E-state index in [-0.39, 0.29) is 29.1 Å². The Labute approximate surface area is 203 Å². The third-order valence-electron chi connectivity index (χ3n) is 8.34. The third-order valence-corrected chi connectivity index (χ3v) is 8.34. The van der Waals surface area contributed by atoms with Gasteiger partial charge in [-0.05, 0) is 50.5 Å². The van der Waals surface area contributed by atoms with Crippen LogP contribution in [-0.2, 0) is 17.4 Å². The highest BCUT2D eigenvalue weighted by molar-refractivity contribution is 5.90. The molecular formula is C25H31N7O3. The molecule has 4 saturated carbocycles. The third kappa shape index (κ3) is 3.22. The number of nitrogens with zero attached hydrogens (tertiary/aromatic N) is 6. The number of methoxy groups -OCH3 is 1. The van der Waals surface area contributed by atoms with Crippen LogP contribution in [0, 0.1) is 5.92 Å². The summed E-state index contributed by atoms with van der Waals surface area (Å²) in [5.41, 5.74) is 2.78. The predicted octanol–water partition coefficient (Wildman–Crippen LogP) is 2.93. The summed E-state index contributed by atoms with van der Waals surface area (Å²) in [6.45, 7) is 3.61. The number of likely N-dealkylation sites (N-methyl/N-ethyl adjacent to an activating group) is 1. The lowest BCUT2D eigenvalue weighted by molar-refractivity contribution is -0.126. The molecule has 1 N–H and O–H groups in total. The molecule has 4 fully saturated rings. The maximum absolute atomic E-state index is 13.9. The molecule has 4 aliphatic rings. The van der Waals surface area contributed by atoms with Gasteiger partial charge in [-0.2, -0.15) is 0 Å². The Balaban J connectivity index is 1.44. The molecule has 3 aromatic heterocycles. The van der Waals surface area contributed by atoms with Gasteiger partial charge in [-0.1, -0.05) is 6.58 Å². The van der Waals surface area contributed by atoms with Gasteiger partial charge < -0.3 is 24.1 Å². The molecule has 35 heavy (non-hydrogen) atoms. The maximum Gasteiger partial charge on any atom is 0.277 e. The topological polar surface area (TPSA) is 99.2 Å². The number of fused-ring (bicyclic) bond motifs is 1. The first-order valence-corrected chi connectivity index (χ1v) is 12.2. The fourth-order valence-corrected chi connectivity index (χ4v) is 6.29. The standard InChI is InChI=1S/C25H31N7O3/c1-5-20(33)30(3)16-6-7-17(8-16)31-13-18(27-19-12-29(2)28-23(19)35-4)21-22(24(31)34)32(14-26-21)25-9-15(10-25)11-25/h5,12-17,27H,1,6-11H2,2-4H3. The van der Waals surface area contributed by atoms with Gasteiger partial charge in [0.25, 0.3) is 11.4 Å². The molecule has 7 rings (SSSR count). The Bertz CT molecular complexity index is 1380. The van der Waals surface area contributed by atoms with E-state index in [1.807, 2.05) is 37.4 Å². The van der Waals surface area contributed by atoms with Crippen LogP contribution >= 0.6 is 0 Å². The van der Waals surface area contributed by atoms with Crippen molar-refractivity contribution in [2.24, 2.45) is 13.0 Å². The Morgan fingerprint density at radius 1 is 1.29 bits per heavy atom. The van der Waals surface area contributed by atoms with Gasteiger partial charge in [-0.15, -0.1) is 5.10 Å². The van der Waals surface area contributed by atoms with Gasteiger partial charge in [0.05, 0.1) is 25.3 Å². The van der Waals surface area contributed by atoms with Crippen molar-refractivity contribution in [3.63, 3.8) is 0 Å². The largest absolute Gasteiger partial charge is 0.478 e. The first kappa shape index (κ1) is 21.9. The van der Waals surface area contributed by atoms with Gasteiger partial charge in [-0.25, -0.2) is 4.98 Å². The molecule has 10 heteroatoms. The molecule has 1 amide bonds. The van der Waals surface area contributed by atoms with Crippen LogP contribution in [0.1, 0.15) is 44.6 Å². The molecular weight excluding hydrogens is 446 g/mol. The van der Waals surface area contributed by atoms with Gasteiger partial charge in [-0.3, -0.25) is 14.3 Å². The van der Waals surface area contributed by atoms with Gasteiger partial charge in [0.2, 0.25) is 5.91 Å². The SMILES string of the molecule is C=CC(=O)N(C)C1CCC(n2cc(Nc3cn(C)nc3OC)c3ncn(C45CC(C4)C5)c3c2=O)C1. The van der Waals surface area contributed by atoms with Gasteiger partial charge in [0, 0.05) is 37.9 Å². The van der Waals surface area contributed by atoms with E-state index in [0.29, 0.717) is 22.6 Å². The number of anilines is 2. The number of ether oxygens (including phenoxy) is 1. The second-order valence-electron chi connectivity index (χ2n) is 10.4. The monoisotopic (exact) mass is 477 g/mol. The number of imidazole rings is 1. The summed E-state index contributed by atoms with van der Waals surface area (Å²) in [6.07, 6.45) is 12.6. The molecule has 2 unspecified atom stereocenters. The fourth-order valence-electron chi connectivity index (χ4n) is 6.29. The zero-order valence-electron chi connectivity index (χ0n) is 20.4. The summed E-state index contributed by atoms with van der Waals surface area (Å²) in [5, 5.41) is 7.77. The number of nitrogens with one attached hydrogen (secondary N) is 1. The van der Waals surface area contributed by atoms with Crippen LogP contribution in [0.5, 0.6) is 5.88 Å². The summed E-state index contributed by atoms with van der Waals surface area (Å²) in [6, 6.07) is 0.0649. The van der Waals surface area contributed by atoms with E-state index in [9.17, 15) is 9.59 Å². The van der Waals surface area contributed by atoms with Crippen LogP contribution in [0.2, 0.25) is 0 Å².